The van der Waals surface area contributed by atoms with Gasteiger partial charge in [0.1, 0.15) is 5.75 Å². The van der Waals surface area contributed by atoms with Crippen LogP contribution in [0.5, 0.6) is 5.75 Å². The van der Waals surface area contributed by atoms with Crippen molar-refractivity contribution >= 4 is 0 Å². The van der Waals surface area contributed by atoms with Gasteiger partial charge in [0.05, 0.1) is 6.10 Å². The first-order chi connectivity index (χ1) is 11.1. The molecule has 2 aromatic carbocycles. The molecule has 0 aliphatic heterocycles. The number of benzene rings is 2. The summed E-state index contributed by atoms with van der Waals surface area (Å²) in [6.45, 7) is 3.87. The van der Waals surface area contributed by atoms with Gasteiger partial charge in [-0.2, -0.15) is 0 Å². The molecule has 1 heterocycles. The molecular formula is C18H18N2O3. The van der Waals surface area contributed by atoms with Gasteiger partial charge in [-0.25, -0.2) is 0 Å². The zero-order valence-corrected chi connectivity index (χ0v) is 13.0. The van der Waals surface area contributed by atoms with E-state index in [0.717, 1.165) is 5.56 Å². The Labute approximate surface area is 134 Å². The number of aliphatic hydroxyl groups is 1. The number of aromatic nitrogens is 2. The van der Waals surface area contributed by atoms with Crippen molar-refractivity contribution in [3.63, 3.8) is 0 Å². The van der Waals surface area contributed by atoms with E-state index >= 15 is 0 Å². The van der Waals surface area contributed by atoms with Crippen molar-refractivity contribution in [3.8, 4) is 17.2 Å². The number of hydrogen-bond donors (Lipinski definition) is 1. The van der Waals surface area contributed by atoms with Crippen LogP contribution in [-0.4, -0.2) is 21.4 Å². The fraction of sp³-hybridized carbons (Fsp3) is 0.222. The van der Waals surface area contributed by atoms with Crippen LogP contribution in [-0.2, 0) is 0 Å². The van der Waals surface area contributed by atoms with E-state index in [-0.39, 0.29) is 12.0 Å². The van der Waals surface area contributed by atoms with E-state index in [2.05, 4.69) is 10.2 Å². The Bertz CT molecular complexity index is 769. The molecule has 0 bridgehead atoms. The van der Waals surface area contributed by atoms with E-state index in [1.54, 1.807) is 6.07 Å². The van der Waals surface area contributed by atoms with Crippen molar-refractivity contribution in [1.29, 1.82) is 0 Å². The highest BCUT2D eigenvalue weighted by Gasteiger charge is 2.22. The summed E-state index contributed by atoms with van der Waals surface area (Å²) in [6.07, 6.45) is -1.03. The molecular weight excluding hydrogens is 292 g/mol. The number of aliphatic hydroxyl groups excluding tert-OH is 1. The Balaban J connectivity index is 1.90. The second-order valence-corrected chi connectivity index (χ2v) is 5.42. The van der Waals surface area contributed by atoms with Gasteiger partial charge in [0, 0.05) is 11.1 Å². The summed E-state index contributed by atoms with van der Waals surface area (Å²) in [4.78, 5) is 0. The van der Waals surface area contributed by atoms with Crippen LogP contribution in [0.2, 0.25) is 0 Å². The van der Waals surface area contributed by atoms with Gasteiger partial charge in [-0.1, -0.05) is 36.4 Å². The average Bonchev–Trinajstić information content (AvgIpc) is 3.05. The highest BCUT2D eigenvalue weighted by atomic mass is 16.5. The molecule has 3 rings (SSSR count). The van der Waals surface area contributed by atoms with Crippen molar-refractivity contribution in [1.82, 2.24) is 10.2 Å². The summed E-state index contributed by atoms with van der Waals surface area (Å²) in [6, 6.07) is 16.7. The summed E-state index contributed by atoms with van der Waals surface area (Å²) in [7, 11) is 0. The van der Waals surface area contributed by atoms with Gasteiger partial charge in [0.2, 0.25) is 11.8 Å². The first-order valence-electron chi connectivity index (χ1n) is 7.47. The second-order valence-electron chi connectivity index (χ2n) is 5.42. The van der Waals surface area contributed by atoms with Gasteiger partial charge < -0.3 is 14.3 Å². The molecule has 23 heavy (non-hydrogen) atoms. The Morgan fingerprint density at radius 3 is 2.39 bits per heavy atom. The van der Waals surface area contributed by atoms with Gasteiger partial charge in [-0.3, -0.25) is 0 Å². The number of nitrogens with zero attached hydrogens (tertiary/aromatic N) is 2. The number of hydrogen-bond acceptors (Lipinski definition) is 5. The Hall–Kier alpha value is -2.66. The minimum Gasteiger partial charge on any atom is -0.491 e. The molecule has 0 saturated carbocycles. The van der Waals surface area contributed by atoms with Gasteiger partial charge in [-0.15, -0.1) is 10.2 Å². The summed E-state index contributed by atoms with van der Waals surface area (Å²) in [5.41, 5.74) is 1.41. The van der Waals surface area contributed by atoms with Crippen molar-refractivity contribution < 1.29 is 14.3 Å². The third-order valence-corrected chi connectivity index (χ3v) is 3.27. The molecule has 0 spiro atoms. The zero-order chi connectivity index (χ0) is 16.2. The zero-order valence-electron chi connectivity index (χ0n) is 13.0. The lowest BCUT2D eigenvalue weighted by atomic mass is 10.1. The first kappa shape index (κ1) is 15.2. The maximum atomic E-state index is 10.6. The smallest absolute Gasteiger partial charge is 0.250 e. The molecule has 3 aromatic rings. The van der Waals surface area contributed by atoms with Crippen LogP contribution in [0.3, 0.4) is 0 Å². The molecule has 1 aromatic heterocycles. The van der Waals surface area contributed by atoms with Crippen molar-refractivity contribution in [2.24, 2.45) is 0 Å². The quantitative estimate of drug-likeness (QED) is 0.779. The molecule has 0 unspecified atom stereocenters. The van der Waals surface area contributed by atoms with Crippen LogP contribution in [0.25, 0.3) is 11.5 Å². The lowest BCUT2D eigenvalue weighted by Gasteiger charge is -2.16. The van der Waals surface area contributed by atoms with Gasteiger partial charge in [0.15, 0.2) is 6.10 Å². The molecule has 0 saturated heterocycles. The minimum absolute atomic E-state index is 0.00548. The Kier molecular flexibility index (Phi) is 4.39. The van der Waals surface area contributed by atoms with E-state index < -0.39 is 6.10 Å². The predicted octanol–water partition coefficient (Wildman–Crippen LogP) is 3.61. The Morgan fingerprint density at radius 1 is 0.957 bits per heavy atom. The summed E-state index contributed by atoms with van der Waals surface area (Å²) < 4.78 is 11.3. The fourth-order valence-corrected chi connectivity index (χ4v) is 2.24. The molecule has 1 atom stereocenters. The van der Waals surface area contributed by atoms with Crippen LogP contribution in [0.15, 0.2) is 59.0 Å². The van der Waals surface area contributed by atoms with Crippen LogP contribution >= 0.6 is 0 Å². The SMILES string of the molecule is CC(C)Oc1ccccc1[C@H](O)c1nnc(-c2ccccc2)o1. The summed E-state index contributed by atoms with van der Waals surface area (Å²) in [5.74, 6) is 1.13. The number of ether oxygens (including phenoxy) is 1. The predicted molar refractivity (Wildman–Crippen MR) is 86.0 cm³/mol. The van der Waals surface area contributed by atoms with Crippen molar-refractivity contribution in [2.75, 3.05) is 0 Å². The van der Waals surface area contributed by atoms with Crippen LogP contribution in [0.1, 0.15) is 31.4 Å². The summed E-state index contributed by atoms with van der Waals surface area (Å²) >= 11 is 0. The minimum atomic E-state index is -1.03. The fourth-order valence-electron chi connectivity index (χ4n) is 2.24. The van der Waals surface area contributed by atoms with Gasteiger partial charge >= 0.3 is 0 Å². The van der Waals surface area contributed by atoms with E-state index in [0.29, 0.717) is 17.2 Å². The van der Waals surface area contributed by atoms with Crippen LogP contribution in [0.4, 0.5) is 0 Å². The highest BCUT2D eigenvalue weighted by molar-refractivity contribution is 5.52. The molecule has 1 N–H and O–H groups in total. The average molecular weight is 310 g/mol. The highest BCUT2D eigenvalue weighted by Crippen LogP contribution is 2.31. The summed E-state index contributed by atoms with van der Waals surface area (Å²) in [5, 5.41) is 18.5. The van der Waals surface area contributed by atoms with E-state index in [9.17, 15) is 5.11 Å². The molecule has 0 aliphatic rings. The molecule has 0 aliphatic carbocycles. The molecule has 0 fully saturated rings. The largest absolute Gasteiger partial charge is 0.491 e. The van der Waals surface area contributed by atoms with Crippen molar-refractivity contribution in [3.05, 3.63) is 66.1 Å². The van der Waals surface area contributed by atoms with Crippen molar-refractivity contribution in [2.45, 2.75) is 26.1 Å². The lowest BCUT2D eigenvalue weighted by Crippen LogP contribution is -2.10. The maximum absolute atomic E-state index is 10.6. The van der Waals surface area contributed by atoms with E-state index in [1.807, 2.05) is 62.4 Å². The Morgan fingerprint density at radius 2 is 1.65 bits per heavy atom. The third kappa shape index (κ3) is 3.40. The molecule has 5 nitrogen and oxygen atoms in total. The van der Waals surface area contributed by atoms with E-state index in [1.165, 1.54) is 0 Å². The normalized spacial score (nSPS) is 12.3. The maximum Gasteiger partial charge on any atom is 0.250 e. The lowest BCUT2D eigenvalue weighted by molar-refractivity contribution is 0.171. The third-order valence-electron chi connectivity index (χ3n) is 3.27. The second kappa shape index (κ2) is 6.62. The van der Waals surface area contributed by atoms with Crippen LogP contribution in [0, 0.1) is 0 Å². The monoisotopic (exact) mass is 310 g/mol. The molecule has 118 valence electrons. The molecule has 0 radical (unpaired) electrons. The van der Waals surface area contributed by atoms with E-state index in [4.69, 9.17) is 9.15 Å². The number of rotatable bonds is 5. The first-order valence-corrected chi connectivity index (χ1v) is 7.47. The molecule has 0 amide bonds. The molecule has 5 heteroatoms. The van der Waals surface area contributed by atoms with Gasteiger partial charge in [0.25, 0.3) is 0 Å². The van der Waals surface area contributed by atoms with Gasteiger partial charge in [-0.05, 0) is 32.0 Å². The topological polar surface area (TPSA) is 68.4 Å². The standard InChI is InChI=1S/C18H18N2O3/c1-12(2)22-15-11-7-6-10-14(15)16(21)18-20-19-17(23-18)13-8-4-3-5-9-13/h3-12,16,21H,1-2H3/t16-/m0/s1. The van der Waals surface area contributed by atoms with Crippen LogP contribution < -0.4 is 4.74 Å². The number of para-hydroxylation sites is 1.